The van der Waals surface area contributed by atoms with Gasteiger partial charge in [0.15, 0.2) is 6.61 Å². The number of amides is 1. The van der Waals surface area contributed by atoms with Crippen molar-refractivity contribution in [3.63, 3.8) is 0 Å². The molecule has 0 aliphatic heterocycles. The van der Waals surface area contributed by atoms with E-state index in [1.165, 1.54) is 0 Å². The molecule has 1 rings (SSSR count). The molecule has 3 nitrogen and oxygen atoms in total. The number of carbonyl (C=O) groups excluding carboxylic acids is 1. The van der Waals surface area contributed by atoms with E-state index in [0.29, 0.717) is 18.2 Å². The summed E-state index contributed by atoms with van der Waals surface area (Å²) in [6, 6.07) is 5.44. The Morgan fingerprint density at radius 2 is 2.17 bits per heavy atom. The van der Waals surface area contributed by atoms with Gasteiger partial charge in [0, 0.05) is 11.6 Å². The number of nitrogens with one attached hydrogen (secondary N) is 1. The van der Waals surface area contributed by atoms with E-state index in [4.69, 9.17) is 16.3 Å². The van der Waals surface area contributed by atoms with E-state index >= 15 is 0 Å². The highest BCUT2D eigenvalue weighted by Gasteiger charge is 2.05. The van der Waals surface area contributed by atoms with Gasteiger partial charge < -0.3 is 10.1 Å². The van der Waals surface area contributed by atoms with Crippen LogP contribution in [0.2, 0.25) is 5.02 Å². The van der Waals surface area contributed by atoms with Crippen molar-refractivity contribution < 1.29 is 9.53 Å². The molecule has 1 aromatic carbocycles. The van der Waals surface area contributed by atoms with Crippen LogP contribution in [0.25, 0.3) is 0 Å². The number of aryl methyl sites for hydroxylation is 1. The van der Waals surface area contributed by atoms with Gasteiger partial charge in [-0.15, -0.1) is 0 Å². The minimum atomic E-state index is -0.100. The van der Waals surface area contributed by atoms with Gasteiger partial charge in [-0.2, -0.15) is 0 Å². The molecule has 18 heavy (non-hydrogen) atoms. The lowest BCUT2D eigenvalue weighted by Gasteiger charge is -2.10. The first-order valence-electron chi connectivity index (χ1n) is 6.20. The summed E-state index contributed by atoms with van der Waals surface area (Å²) < 4.78 is 5.43. The molecule has 1 aromatic rings. The molecule has 1 amide bonds. The predicted molar refractivity (Wildman–Crippen MR) is 74.2 cm³/mol. The van der Waals surface area contributed by atoms with Crippen LogP contribution in [0.3, 0.4) is 0 Å². The summed E-state index contributed by atoms with van der Waals surface area (Å²) in [6.07, 6.45) is 0.843. The average Bonchev–Trinajstić information content (AvgIpc) is 2.35. The zero-order valence-corrected chi connectivity index (χ0v) is 11.9. The van der Waals surface area contributed by atoms with Gasteiger partial charge in [-0.25, -0.2) is 0 Å². The molecule has 0 unspecified atom stereocenters. The Hall–Kier alpha value is -1.22. The Labute approximate surface area is 113 Å². The lowest BCUT2D eigenvalue weighted by molar-refractivity contribution is -0.123. The minimum Gasteiger partial charge on any atom is -0.484 e. The van der Waals surface area contributed by atoms with Crippen molar-refractivity contribution in [1.29, 1.82) is 0 Å². The Balaban J connectivity index is 2.46. The molecule has 0 aromatic heterocycles. The number of halogens is 1. The van der Waals surface area contributed by atoms with Gasteiger partial charge in [0.2, 0.25) is 0 Å². The second-order valence-corrected chi connectivity index (χ2v) is 5.00. The largest absolute Gasteiger partial charge is 0.484 e. The van der Waals surface area contributed by atoms with E-state index in [1.807, 2.05) is 26.8 Å². The first-order chi connectivity index (χ1) is 8.52. The molecule has 1 N–H and O–H groups in total. The number of carbonyl (C=O) groups is 1. The molecule has 100 valence electrons. The van der Waals surface area contributed by atoms with Crippen LogP contribution in [0.1, 0.15) is 26.3 Å². The van der Waals surface area contributed by atoms with Gasteiger partial charge >= 0.3 is 0 Å². The van der Waals surface area contributed by atoms with Crippen molar-refractivity contribution >= 4 is 17.5 Å². The van der Waals surface area contributed by atoms with Crippen LogP contribution < -0.4 is 10.1 Å². The third-order valence-corrected chi connectivity index (χ3v) is 2.84. The molecule has 0 fully saturated rings. The lowest BCUT2D eigenvalue weighted by atomic mass is 10.1. The predicted octanol–water partition coefficient (Wildman–Crippen LogP) is 3.05. The van der Waals surface area contributed by atoms with Crippen LogP contribution in [0.5, 0.6) is 5.75 Å². The second-order valence-electron chi connectivity index (χ2n) is 4.59. The zero-order valence-electron chi connectivity index (χ0n) is 11.1. The standard InChI is InChI=1S/C14H20ClNO2/c1-4-11-7-12(5-6-13(11)15)18-9-14(17)16-8-10(2)3/h5-7,10H,4,8-9H2,1-3H3,(H,16,17). The fraction of sp³-hybridized carbons (Fsp3) is 0.500. The van der Waals surface area contributed by atoms with Crippen molar-refractivity contribution in [3.05, 3.63) is 28.8 Å². The monoisotopic (exact) mass is 269 g/mol. The minimum absolute atomic E-state index is 0.0392. The third-order valence-electron chi connectivity index (χ3n) is 2.48. The molecule has 0 saturated carbocycles. The van der Waals surface area contributed by atoms with Gasteiger partial charge in [0.1, 0.15) is 5.75 Å². The summed E-state index contributed by atoms with van der Waals surface area (Å²) in [4.78, 5) is 11.5. The fourth-order valence-electron chi connectivity index (χ4n) is 1.43. The van der Waals surface area contributed by atoms with Crippen molar-refractivity contribution in [2.24, 2.45) is 5.92 Å². The highest BCUT2D eigenvalue weighted by molar-refractivity contribution is 6.31. The van der Waals surface area contributed by atoms with E-state index < -0.39 is 0 Å². The van der Waals surface area contributed by atoms with Crippen LogP contribution >= 0.6 is 11.6 Å². The van der Waals surface area contributed by atoms with Gasteiger partial charge in [-0.1, -0.05) is 32.4 Å². The maximum Gasteiger partial charge on any atom is 0.257 e. The smallest absolute Gasteiger partial charge is 0.257 e. The highest BCUT2D eigenvalue weighted by Crippen LogP contribution is 2.22. The number of rotatable bonds is 6. The molecule has 0 spiro atoms. The summed E-state index contributed by atoms with van der Waals surface area (Å²) in [7, 11) is 0. The summed E-state index contributed by atoms with van der Waals surface area (Å²) in [5.41, 5.74) is 1.02. The molecule has 0 bridgehead atoms. The average molecular weight is 270 g/mol. The summed E-state index contributed by atoms with van der Waals surface area (Å²) in [5.74, 6) is 1.02. The van der Waals surface area contributed by atoms with Crippen LogP contribution in [0.4, 0.5) is 0 Å². The first kappa shape index (κ1) is 14.8. The van der Waals surface area contributed by atoms with Crippen LogP contribution in [-0.2, 0) is 11.2 Å². The van der Waals surface area contributed by atoms with Crippen molar-refractivity contribution in [2.75, 3.05) is 13.2 Å². The molecule has 0 radical (unpaired) electrons. The van der Waals surface area contributed by atoms with Gasteiger partial charge in [-0.05, 0) is 36.1 Å². The topological polar surface area (TPSA) is 38.3 Å². The summed E-state index contributed by atoms with van der Waals surface area (Å²) >= 11 is 6.01. The highest BCUT2D eigenvalue weighted by atomic mass is 35.5. The van der Waals surface area contributed by atoms with E-state index in [-0.39, 0.29) is 12.5 Å². The van der Waals surface area contributed by atoms with E-state index in [1.54, 1.807) is 12.1 Å². The molecule has 0 heterocycles. The summed E-state index contributed by atoms with van der Waals surface area (Å²) in [6.45, 7) is 6.84. The van der Waals surface area contributed by atoms with Crippen LogP contribution in [0.15, 0.2) is 18.2 Å². The number of hydrogen-bond acceptors (Lipinski definition) is 2. The van der Waals surface area contributed by atoms with Gasteiger partial charge in [-0.3, -0.25) is 4.79 Å². The zero-order chi connectivity index (χ0) is 13.5. The van der Waals surface area contributed by atoms with E-state index in [9.17, 15) is 4.79 Å². The molecule has 4 heteroatoms. The summed E-state index contributed by atoms with van der Waals surface area (Å²) in [5, 5.41) is 3.53. The fourth-order valence-corrected chi connectivity index (χ4v) is 1.68. The van der Waals surface area contributed by atoms with Crippen molar-refractivity contribution in [3.8, 4) is 5.75 Å². The normalized spacial score (nSPS) is 10.5. The Morgan fingerprint density at radius 3 is 2.78 bits per heavy atom. The van der Waals surface area contributed by atoms with E-state index in [2.05, 4.69) is 5.32 Å². The Bertz CT molecular complexity index is 405. The molecule has 0 aliphatic carbocycles. The molecular weight excluding hydrogens is 250 g/mol. The Morgan fingerprint density at radius 1 is 1.44 bits per heavy atom. The SMILES string of the molecule is CCc1cc(OCC(=O)NCC(C)C)ccc1Cl. The maximum atomic E-state index is 11.5. The molecule has 0 saturated heterocycles. The van der Waals surface area contributed by atoms with Gasteiger partial charge in [0.05, 0.1) is 0 Å². The van der Waals surface area contributed by atoms with Gasteiger partial charge in [0.25, 0.3) is 5.91 Å². The van der Waals surface area contributed by atoms with Crippen molar-refractivity contribution in [2.45, 2.75) is 27.2 Å². The maximum absolute atomic E-state index is 11.5. The number of benzene rings is 1. The quantitative estimate of drug-likeness (QED) is 0.862. The molecular formula is C14H20ClNO2. The van der Waals surface area contributed by atoms with Crippen LogP contribution in [-0.4, -0.2) is 19.1 Å². The number of ether oxygens (including phenoxy) is 1. The van der Waals surface area contributed by atoms with Crippen molar-refractivity contribution in [1.82, 2.24) is 5.32 Å². The molecule has 0 aliphatic rings. The first-order valence-corrected chi connectivity index (χ1v) is 6.58. The third kappa shape index (κ3) is 4.96. The molecule has 0 atom stereocenters. The van der Waals surface area contributed by atoms with E-state index in [0.717, 1.165) is 17.0 Å². The van der Waals surface area contributed by atoms with Crippen LogP contribution in [0, 0.1) is 5.92 Å². The number of hydrogen-bond donors (Lipinski definition) is 1. The lowest BCUT2D eigenvalue weighted by Crippen LogP contribution is -2.31. The second kappa shape index (κ2) is 7.27. The Kier molecular flexibility index (Phi) is 5.99.